The van der Waals surface area contributed by atoms with Gasteiger partial charge in [-0.05, 0) is 62.7 Å². The lowest BCUT2D eigenvalue weighted by Gasteiger charge is -2.41. The third kappa shape index (κ3) is 8.05. The molecule has 3 aliphatic rings. The van der Waals surface area contributed by atoms with Gasteiger partial charge in [0.25, 0.3) is 5.91 Å². The van der Waals surface area contributed by atoms with Crippen LogP contribution in [0.25, 0.3) is 0 Å². The Morgan fingerprint density at radius 3 is 2.04 bits per heavy atom. The molecule has 3 fully saturated rings. The lowest BCUT2D eigenvalue weighted by atomic mass is 9.83. The molecule has 1 saturated heterocycles. The molecule has 5 amide bonds. The lowest BCUT2D eigenvalue weighted by Crippen LogP contribution is -2.64. The van der Waals surface area contributed by atoms with Crippen LogP contribution in [0, 0.1) is 22.7 Å². The number of nitrogens with two attached hydrogens (primary N) is 1. The first kappa shape index (κ1) is 37.8. The van der Waals surface area contributed by atoms with E-state index < -0.39 is 73.2 Å². The maximum absolute atomic E-state index is 14.3. The van der Waals surface area contributed by atoms with Crippen molar-refractivity contribution in [3.05, 3.63) is 0 Å². The second-order valence-corrected chi connectivity index (χ2v) is 19.2. The molecule has 4 unspecified atom stereocenters. The summed E-state index contributed by atoms with van der Waals surface area (Å²) in [6.07, 6.45) is 5.13. The van der Waals surface area contributed by atoms with Gasteiger partial charge in [0.15, 0.2) is 9.84 Å². The molecule has 2 saturated carbocycles. The van der Waals surface area contributed by atoms with E-state index in [0.717, 1.165) is 25.7 Å². The Bertz CT molecular complexity index is 1310. The zero-order valence-corrected chi connectivity index (χ0v) is 30.1. The first-order chi connectivity index (χ1) is 21.0. The van der Waals surface area contributed by atoms with Gasteiger partial charge < -0.3 is 26.6 Å². The summed E-state index contributed by atoms with van der Waals surface area (Å²) in [4.78, 5) is 67.6. The number of ketones is 1. The molecule has 262 valence electrons. The Kier molecular flexibility index (Phi) is 11.0. The van der Waals surface area contributed by atoms with Crippen LogP contribution in [0.3, 0.4) is 0 Å². The summed E-state index contributed by atoms with van der Waals surface area (Å²) in [5.41, 5.74) is 3.34. The zero-order valence-electron chi connectivity index (χ0n) is 29.2. The van der Waals surface area contributed by atoms with E-state index in [4.69, 9.17) is 5.73 Å². The molecule has 5 atom stereocenters. The molecule has 2 aliphatic carbocycles. The van der Waals surface area contributed by atoms with Crippen molar-refractivity contribution in [2.45, 2.75) is 142 Å². The largest absolute Gasteiger partial charge is 0.363 e. The van der Waals surface area contributed by atoms with Crippen LogP contribution in [0.15, 0.2) is 0 Å². The van der Waals surface area contributed by atoms with Crippen molar-refractivity contribution < 1.29 is 32.4 Å². The molecule has 0 aromatic heterocycles. The second-order valence-electron chi connectivity index (χ2n) is 16.4. The number of carbonyl (C=O) groups excluding carboxylic acids is 5. The first-order valence-electron chi connectivity index (χ1n) is 16.7. The summed E-state index contributed by atoms with van der Waals surface area (Å²) in [5.74, 6) is -3.25. The van der Waals surface area contributed by atoms with E-state index in [9.17, 15) is 32.4 Å². The minimum atomic E-state index is -3.56. The van der Waals surface area contributed by atoms with Crippen LogP contribution >= 0.6 is 0 Å². The van der Waals surface area contributed by atoms with Gasteiger partial charge in [-0.2, -0.15) is 0 Å². The van der Waals surface area contributed by atoms with Crippen LogP contribution in [0.2, 0.25) is 0 Å². The number of nitrogens with zero attached hydrogens (tertiary/aromatic N) is 1. The third-order valence-electron chi connectivity index (χ3n) is 10.5. The molecular formula is C33H57N5O7S. The van der Waals surface area contributed by atoms with E-state index in [-0.39, 0.29) is 29.4 Å². The number of carbonyl (C=O) groups is 5. The van der Waals surface area contributed by atoms with Gasteiger partial charge >= 0.3 is 6.03 Å². The van der Waals surface area contributed by atoms with Gasteiger partial charge in [0.2, 0.25) is 17.6 Å². The quantitative estimate of drug-likeness (QED) is 0.231. The Hall–Kier alpha value is -2.70. The highest BCUT2D eigenvalue weighted by Crippen LogP contribution is 2.65. The van der Waals surface area contributed by atoms with Gasteiger partial charge in [0.1, 0.15) is 12.1 Å². The summed E-state index contributed by atoms with van der Waals surface area (Å²) < 4.78 is 25.5. The normalized spacial score (nSPS) is 25.1. The number of sulfone groups is 1. The van der Waals surface area contributed by atoms with Crippen LogP contribution in [-0.2, 0) is 29.0 Å². The molecule has 0 bridgehead atoms. The Balaban J connectivity index is 1.86. The number of amides is 5. The molecule has 1 heterocycles. The first-order valence-corrected chi connectivity index (χ1v) is 18.4. The Morgan fingerprint density at radius 2 is 1.54 bits per heavy atom. The number of fused-ring (bicyclic) bond motifs is 1. The fourth-order valence-electron chi connectivity index (χ4n) is 7.26. The number of hydrogen-bond donors (Lipinski definition) is 4. The van der Waals surface area contributed by atoms with Crippen molar-refractivity contribution in [3.63, 3.8) is 0 Å². The van der Waals surface area contributed by atoms with Crippen molar-refractivity contribution in [3.8, 4) is 0 Å². The Labute approximate surface area is 275 Å². The number of primary amides is 1. The molecule has 0 aromatic rings. The predicted molar refractivity (Wildman–Crippen MR) is 176 cm³/mol. The van der Waals surface area contributed by atoms with Gasteiger partial charge in [0.05, 0.1) is 22.1 Å². The van der Waals surface area contributed by atoms with Crippen molar-refractivity contribution in [1.82, 2.24) is 20.9 Å². The molecule has 13 heteroatoms. The maximum Gasteiger partial charge on any atom is 0.315 e. The van der Waals surface area contributed by atoms with Crippen LogP contribution < -0.4 is 21.7 Å². The van der Waals surface area contributed by atoms with Crippen LogP contribution in [0.5, 0.6) is 0 Å². The number of nitrogens with one attached hydrogen (secondary N) is 3. The number of piperidine rings is 1. The van der Waals surface area contributed by atoms with E-state index in [1.165, 1.54) is 4.90 Å². The number of likely N-dealkylation sites (tertiary alicyclic amines) is 1. The fourth-order valence-corrected chi connectivity index (χ4v) is 8.78. The van der Waals surface area contributed by atoms with Crippen LogP contribution in [0.4, 0.5) is 4.79 Å². The molecule has 46 heavy (non-hydrogen) atoms. The highest BCUT2D eigenvalue weighted by atomic mass is 32.2. The second kappa shape index (κ2) is 13.4. The van der Waals surface area contributed by atoms with Gasteiger partial charge in [-0.1, -0.05) is 73.6 Å². The highest BCUT2D eigenvalue weighted by molar-refractivity contribution is 7.92. The van der Waals surface area contributed by atoms with Crippen molar-refractivity contribution in [2.24, 2.45) is 28.4 Å². The summed E-state index contributed by atoms with van der Waals surface area (Å²) in [5, 5.41) is 8.57. The van der Waals surface area contributed by atoms with E-state index in [1.54, 1.807) is 20.8 Å². The molecule has 5 N–H and O–H groups in total. The average molecular weight is 668 g/mol. The minimum absolute atomic E-state index is 0.0516. The van der Waals surface area contributed by atoms with E-state index >= 15 is 0 Å². The summed E-state index contributed by atoms with van der Waals surface area (Å²) in [7, 11) is -3.56. The van der Waals surface area contributed by atoms with E-state index in [1.807, 2.05) is 41.5 Å². The number of rotatable bonds is 12. The van der Waals surface area contributed by atoms with Crippen molar-refractivity contribution >= 4 is 39.4 Å². The topological polar surface area (TPSA) is 185 Å². The zero-order chi connectivity index (χ0) is 35.0. The fraction of sp³-hybridized carbons (Fsp3) is 0.848. The highest BCUT2D eigenvalue weighted by Gasteiger charge is 2.70. The maximum atomic E-state index is 14.3. The van der Waals surface area contributed by atoms with Gasteiger partial charge in [-0.15, -0.1) is 0 Å². The summed E-state index contributed by atoms with van der Waals surface area (Å²) >= 11 is 0. The van der Waals surface area contributed by atoms with Crippen molar-refractivity contribution in [1.29, 1.82) is 0 Å². The standard InChI is InChI=1S/C33H57N5O7S/c1-10-11-15-21(24(39)26(34)40)35-27(41)23-22-20(32(22,8)9)18-38(23)28(42)25(30(2,3)4)36-29(43)37-33(16-13-12-14-17-33)19-46(44,45)31(5,6)7/h20-23,25H,10-19H2,1-9H3,(H2,34,40)(H,35,41)(H2,36,37,43)/t20?,21?,22?,23?,25-/m1/s1. The molecular weight excluding hydrogens is 610 g/mol. The minimum Gasteiger partial charge on any atom is -0.363 e. The Morgan fingerprint density at radius 1 is 0.957 bits per heavy atom. The average Bonchev–Trinajstić information content (AvgIpc) is 3.24. The molecule has 0 spiro atoms. The van der Waals surface area contributed by atoms with E-state index in [0.29, 0.717) is 25.8 Å². The van der Waals surface area contributed by atoms with Crippen molar-refractivity contribution in [2.75, 3.05) is 12.3 Å². The van der Waals surface area contributed by atoms with Crippen LogP contribution in [-0.4, -0.2) is 83.6 Å². The predicted octanol–water partition coefficient (Wildman–Crippen LogP) is 2.83. The monoisotopic (exact) mass is 667 g/mol. The molecule has 3 rings (SSSR count). The molecule has 1 aliphatic heterocycles. The number of urea groups is 1. The molecule has 0 aromatic carbocycles. The SMILES string of the molecule is CCCCC(NC(=O)C1C2C(CN1C(=O)[C@@H](NC(=O)NC1(CS(=O)(=O)C(C)(C)C)CCCCC1)C(C)(C)C)C2(C)C)C(=O)C(N)=O. The van der Waals surface area contributed by atoms with Gasteiger partial charge in [-0.3, -0.25) is 19.2 Å². The van der Waals surface area contributed by atoms with Gasteiger partial charge in [-0.25, -0.2) is 13.2 Å². The smallest absolute Gasteiger partial charge is 0.315 e. The molecule has 0 radical (unpaired) electrons. The van der Waals surface area contributed by atoms with Crippen LogP contribution in [0.1, 0.15) is 114 Å². The number of unbranched alkanes of at least 4 members (excludes halogenated alkanes) is 1. The lowest BCUT2D eigenvalue weighted by molar-refractivity contribution is -0.145. The third-order valence-corrected chi connectivity index (χ3v) is 13.3. The number of Topliss-reactive ketones (excluding diaryl/α,β-unsaturated/α-hetero) is 1. The number of hydrogen-bond acceptors (Lipinski definition) is 7. The summed E-state index contributed by atoms with van der Waals surface area (Å²) in [6, 6.07) is -3.64. The summed E-state index contributed by atoms with van der Waals surface area (Å²) in [6.45, 7) is 16.7. The van der Waals surface area contributed by atoms with E-state index in [2.05, 4.69) is 16.0 Å². The molecule has 12 nitrogen and oxygen atoms in total. The van der Waals surface area contributed by atoms with Gasteiger partial charge in [0, 0.05) is 6.54 Å².